The van der Waals surface area contributed by atoms with Crippen molar-refractivity contribution in [3.63, 3.8) is 0 Å². The fraction of sp³-hybridized carbons (Fsp3) is 0.778. The molecule has 0 saturated heterocycles. The van der Waals surface area contributed by atoms with Crippen LogP contribution in [0, 0.1) is 0 Å². The first kappa shape index (κ1) is 13.5. The Balaban J connectivity index is 3.38. The molecule has 88 valence electrons. The van der Waals surface area contributed by atoms with Crippen molar-refractivity contribution in [2.45, 2.75) is 26.9 Å². The van der Waals surface area contributed by atoms with Gasteiger partial charge in [-0.15, -0.1) is 0 Å². The molecule has 0 heterocycles. The van der Waals surface area contributed by atoms with E-state index in [9.17, 15) is 9.59 Å². The van der Waals surface area contributed by atoms with Gasteiger partial charge in [-0.05, 0) is 20.8 Å². The lowest BCUT2D eigenvalue weighted by atomic mass is 10.5. The van der Waals surface area contributed by atoms with Crippen molar-refractivity contribution in [1.29, 1.82) is 0 Å². The monoisotopic (exact) mass is 220 g/mol. The van der Waals surface area contributed by atoms with Gasteiger partial charge in [0.15, 0.2) is 0 Å². The molecule has 6 heteroatoms. The second-order valence-corrected chi connectivity index (χ2v) is 2.80. The summed E-state index contributed by atoms with van der Waals surface area (Å²) >= 11 is 0. The molecular formula is C9H16O6. The van der Waals surface area contributed by atoms with Crippen LogP contribution < -0.4 is 0 Å². The van der Waals surface area contributed by atoms with Gasteiger partial charge in [-0.1, -0.05) is 0 Å². The molecule has 6 nitrogen and oxygen atoms in total. The second kappa shape index (κ2) is 7.90. The summed E-state index contributed by atoms with van der Waals surface area (Å²) in [5.41, 5.74) is 0. The lowest BCUT2D eigenvalue weighted by Gasteiger charge is -2.08. The molecule has 0 atom stereocenters. The third-order valence-corrected chi connectivity index (χ3v) is 1.12. The van der Waals surface area contributed by atoms with E-state index >= 15 is 0 Å². The summed E-state index contributed by atoms with van der Waals surface area (Å²) in [5, 5.41) is 0. The minimum Gasteiger partial charge on any atom is -0.435 e. The summed E-state index contributed by atoms with van der Waals surface area (Å²) < 4.78 is 18.3. The average molecular weight is 220 g/mol. The van der Waals surface area contributed by atoms with E-state index in [1.165, 1.54) is 0 Å². The normalized spacial score (nSPS) is 9.60. The van der Waals surface area contributed by atoms with Crippen molar-refractivity contribution in [2.75, 3.05) is 19.8 Å². The number of carbonyl (C=O) groups excluding carboxylic acids is 2. The Morgan fingerprint density at radius 2 is 1.53 bits per heavy atom. The van der Waals surface area contributed by atoms with E-state index in [1.807, 2.05) is 0 Å². The number of carbonyl (C=O) groups is 2. The van der Waals surface area contributed by atoms with Crippen molar-refractivity contribution in [3.05, 3.63) is 0 Å². The molecule has 0 aromatic carbocycles. The van der Waals surface area contributed by atoms with Gasteiger partial charge in [-0.3, -0.25) is 0 Å². The summed E-state index contributed by atoms with van der Waals surface area (Å²) in [5.74, 6) is 0. The molecule has 0 amide bonds. The molecule has 0 saturated carbocycles. The molecule has 0 aliphatic heterocycles. The van der Waals surface area contributed by atoms with Crippen LogP contribution in [0.1, 0.15) is 20.8 Å². The van der Waals surface area contributed by atoms with Crippen molar-refractivity contribution >= 4 is 12.3 Å². The van der Waals surface area contributed by atoms with Crippen LogP contribution in [0.25, 0.3) is 0 Å². The Kier molecular flexibility index (Phi) is 7.13. The molecule has 0 radical (unpaired) electrons. The lowest BCUT2D eigenvalue weighted by Crippen LogP contribution is -2.17. The van der Waals surface area contributed by atoms with E-state index in [0.717, 1.165) is 0 Å². The molecule has 0 fully saturated rings. The number of hydrogen-bond donors (Lipinski definition) is 0. The van der Waals surface area contributed by atoms with Crippen molar-refractivity contribution in [2.24, 2.45) is 0 Å². The summed E-state index contributed by atoms with van der Waals surface area (Å²) in [6.45, 7) is 5.22. The number of hydrogen-bond acceptors (Lipinski definition) is 6. The highest BCUT2D eigenvalue weighted by atomic mass is 16.7. The highest BCUT2D eigenvalue weighted by Gasteiger charge is 2.07. The van der Waals surface area contributed by atoms with Crippen LogP contribution in [0.4, 0.5) is 9.59 Å². The van der Waals surface area contributed by atoms with Gasteiger partial charge in [0.25, 0.3) is 0 Å². The predicted octanol–water partition coefficient (Wildman–Crippen LogP) is 1.72. The first-order valence-corrected chi connectivity index (χ1v) is 4.69. The maximum absolute atomic E-state index is 10.8. The van der Waals surface area contributed by atoms with Gasteiger partial charge < -0.3 is 18.9 Å². The topological polar surface area (TPSA) is 71.1 Å². The molecule has 0 aromatic heterocycles. The van der Waals surface area contributed by atoms with Gasteiger partial charge >= 0.3 is 12.3 Å². The molecule has 0 unspecified atom stereocenters. The molecule has 0 aliphatic rings. The van der Waals surface area contributed by atoms with E-state index in [-0.39, 0.29) is 25.9 Å². The fourth-order valence-corrected chi connectivity index (χ4v) is 0.636. The van der Waals surface area contributed by atoms with E-state index < -0.39 is 12.3 Å². The Labute approximate surface area is 88.4 Å². The van der Waals surface area contributed by atoms with E-state index in [1.54, 1.807) is 20.8 Å². The smallest absolute Gasteiger partial charge is 0.435 e. The zero-order valence-corrected chi connectivity index (χ0v) is 9.15. The minimum absolute atomic E-state index is 0.0496. The average Bonchev–Trinajstić information content (AvgIpc) is 2.12. The molecule has 0 bridgehead atoms. The Bertz CT molecular complexity index is 201. The Morgan fingerprint density at radius 3 is 2.00 bits per heavy atom. The number of ether oxygens (including phenoxy) is 4. The molecule has 0 spiro atoms. The van der Waals surface area contributed by atoms with Gasteiger partial charge in [0.1, 0.15) is 13.2 Å². The second-order valence-electron chi connectivity index (χ2n) is 2.80. The summed E-state index contributed by atoms with van der Waals surface area (Å²) in [6, 6.07) is 0. The van der Waals surface area contributed by atoms with Crippen LogP contribution in [0.2, 0.25) is 0 Å². The molecule has 0 rings (SSSR count). The van der Waals surface area contributed by atoms with Crippen molar-refractivity contribution in [3.8, 4) is 0 Å². The molecule has 15 heavy (non-hydrogen) atoms. The van der Waals surface area contributed by atoms with E-state index in [4.69, 9.17) is 0 Å². The van der Waals surface area contributed by atoms with Gasteiger partial charge in [-0.25, -0.2) is 9.59 Å². The fourth-order valence-electron chi connectivity index (χ4n) is 0.636. The third-order valence-electron chi connectivity index (χ3n) is 1.12. The van der Waals surface area contributed by atoms with Crippen molar-refractivity contribution < 1.29 is 28.5 Å². The first-order chi connectivity index (χ1) is 7.06. The SMILES string of the molecule is CCOC(=O)OCCOC(=O)OC(C)C. The molecule has 0 aliphatic carbocycles. The summed E-state index contributed by atoms with van der Waals surface area (Å²) in [4.78, 5) is 21.5. The standard InChI is InChI=1S/C9H16O6/c1-4-12-8(10)13-5-6-14-9(11)15-7(2)3/h7H,4-6H2,1-3H3. The summed E-state index contributed by atoms with van der Waals surface area (Å²) in [7, 11) is 0. The van der Waals surface area contributed by atoms with Crippen molar-refractivity contribution in [1.82, 2.24) is 0 Å². The quantitative estimate of drug-likeness (QED) is 0.519. The van der Waals surface area contributed by atoms with Gasteiger partial charge in [0.05, 0.1) is 12.7 Å². The van der Waals surface area contributed by atoms with E-state index in [0.29, 0.717) is 0 Å². The molecular weight excluding hydrogens is 204 g/mol. The summed E-state index contributed by atoms with van der Waals surface area (Å²) in [6.07, 6.45) is -1.79. The van der Waals surface area contributed by atoms with Crippen LogP contribution in [-0.4, -0.2) is 38.2 Å². The molecule has 0 aromatic rings. The van der Waals surface area contributed by atoms with Gasteiger partial charge in [-0.2, -0.15) is 0 Å². The van der Waals surface area contributed by atoms with Crippen LogP contribution >= 0.6 is 0 Å². The lowest BCUT2D eigenvalue weighted by molar-refractivity contribution is 0.00961. The Hall–Kier alpha value is -1.46. The van der Waals surface area contributed by atoms with E-state index in [2.05, 4.69) is 18.9 Å². The molecule has 0 N–H and O–H groups in total. The van der Waals surface area contributed by atoms with Crippen LogP contribution in [0.3, 0.4) is 0 Å². The maximum atomic E-state index is 10.8. The third kappa shape index (κ3) is 8.86. The van der Waals surface area contributed by atoms with Gasteiger partial charge in [0, 0.05) is 0 Å². The van der Waals surface area contributed by atoms with Crippen LogP contribution in [-0.2, 0) is 18.9 Å². The Morgan fingerprint density at radius 1 is 1.00 bits per heavy atom. The van der Waals surface area contributed by atoms with Crippen LogP contribution in [0.15, 0.2) is 0 Å². The zero-order valence-electron chi connectivity index (χ0n) is 9.15. The predicted molar refractivity (Wildman–Crippen MR) is 50.5 cm³/mol. The first-order valence-electron chi connectivity index (χ1n) is 4.69. The van der Waals surface area contributed by atoms with Crippen LogP contribution in [0.5, 0.6) is 0 Å². The highest BCUT2D eigenvalue weighted by molar-refractivity contribution is 5.60. The van der Waals surface area contributed by atoms with Gasteiger partial charge in [0.2, 0.25) is 0 Å². The number of rotatable bonds is 5. The highest BCUT2D eigenvalue weighted by Crippen LogP contribution is 1.93. The zero-order chi connectivity index (χ0) is 11.7. The minimum atomic E-state index is -0.780. The maximum Gasteiger partial charge on any atom is 0.508 e. The largest absolute Gasteiger partial charge is 0.508 e.